The van der Waals surface area contributed by atoms with Gasteiger partial charge in [0.15, 0.2) is 0 Å². The third-order valence-corrected chi connectivity index (χ3v) is 3.89. The fraction of sp³-hybridized carbons (Fsp3) is 0.455. The SMILES string of the molecule is CC(=S)C1=C(S)C(C)(C)C=C(C)C1=S. The fourth-order valence-electron chi connectivity index (χ4n) is 1.63. The smallest absolute Gasteiger partial charge is 0.0495 e. The minimum atomic E-state index is -0.0507. The van der Waals surface area contributed by atoms with E-state index in [1.165, 1.54) is 0 Å². The van der Waals surface area contributed by atoms with Crippen molar-refractivity contribution < 1.29 is 0 Å². The van der Waals surface area contributed by atoms with Crippen LogP contribution in [0.4, 0.5) is 0 Å². The summed E-state index contributed by atoms with van der Waals surface area (Å²) >= 11 is 15.1. The van der Waals surface area contributed by atoms with E-state index in [0.717, 1.165) is 25.8 Å². The summed E-state index contributed by atoms with van der Waals surface area (Å²) < 4.78 is 0. The predicted molar refractivity (Wildman–Crippen MR) is 74.4 cm³/mol. The second-order valence-corrected chi connectivity index (χ2v) is 5.63. The zero-order chi connectivity index (χ0) is 11.1. The summed E-state index contributed by atoms with van der Waals surface area (Å²) in [5.74, 6) is 0. The Bertz CT molecular complexity index is 370. The van der Waals surface area contributed by atoms with Crippen molar-refractivity contribution in [2.45, 2.75) is 27.7 Å². The lowest BCUT2D eigenvalue weighted by atomic mass is 9.81. The van der Waals surface area contributed by atoms with Crippen LogP contribution in [0.15, 0.2) is 22.1 Å². The molecule has 0 amide bonds. The van der Waals surface area contributed by atoms with Crippen LogP contribution in [-0.4, -0.2) is 9.73 Å². The molecule has 0 spiro atoms. The molecule has 1 aliphatic carbocycles. The molecule has 1 rings (SSSR count). The zero-order valence-corrected chi connectivity index (χ0v) is 11.4. The Kier molecular flexibility index (Phi) is 3.34. The second kappa shape index (κ2) is 3.87. The number of hydrogen-bond acceptors (Lipinski definition) is 3. The Morgan fingerprint density at radius 2 is 1.93 bits per heavy atom. The fourth-order valence-corrected chi connectivity index (χ4v) is 2.71. The van der Waals surface area contributed by atoms with Crippen molar-refractivity contribution >= 4 is 46.8 Å². The molecule has 0 aromatic heterocycles. The summed E-state index contributed by atoms with van der Waals surface area (Å²) in [6.45, 7) is 8.18. The van der Waals surface area contributed by atoms with Gasteiger partial charge in [-0.3, -0.25) is 0 Å². The molecule has 0 radical (unpaired) electrons. The van der Waals surface area contributed by atoms with Gasteiger partial charge in [0.05, 0.1) is 0 Å². The normalized spacial score (nSPS) is 20.9. The van der Waals surface area contributed by atoms with Crippen molar-refractivity contribution in [2.75, 3.05) is 0 Å². The average Bonchev–Trinajstić information content (AvgIpc) is 2.00. The van der Waals surface area contributed by atoms with Crippen molar-refractivity contribution in [1.29, 1.82) is 0 Å². The van der Waals surface area contributed by atoms with Crippen LogP contribution in [-0.2, 0) is 0 Å². The molecule has 0 nitrogen and oxygen atoms in total. The minimum absolute atomic E-state index is 0.0507. The number of thiol groups is 1. The zero-order valence-electron chi connectivity index (χ0n) is 8.84. The van der Waals surface area contributed by atoms with Crippen molar-refractivity contribution in [3.8, 4) is 0 Å². The molecular formula is C11H14S3. The average molecular weight is 242 g/mol. The van der Waals surface area contributed by atoms with Crippen LogP contribution in [0.5, 0.6) is 0 Å². The molecule has 0 unspecified atom stereocenters. The lowest BCUT2D eigenvalue weighted by molar-refractivity contribution is 0.607. The molecule has 76 valence electrons. The van der Waals surface area contributed by atoms with Crippen LogP contribution in [0, 0.1) is 5.41 Å². The molecule has 0 heterocycles. The maximum atomic E-state index is 5.34. The van der Waals surface area contributed by atoms with E-state index in [1.54, 1.807) is 0 Å². The van der Waals surface area contributed by atoms with Crippen LogP contribution >= 0.6 is 37.1 Å². The van der Waals surface area contributed by atoms with Crippen molar-refractivity contribution in [3.63, 3.8) is 0 Å². The molecule has 0 N–H and O–H groups in total. The summed E-state index contributed by atoms with van der Waals surface area (Å²) in [6.07, 6.45) is 2.15. The molecule has 0 aliphatic heterocycles. The maximum absolute atomic E-state index is 5.34. The second-order valence-electron chi connectivity index (χ2n) is 4.16. The number of rotatable bonds is 1. The molecule has 0 aromatic rings. The standard InChI is InChI=1S/C11H14S3/c1-6-5-11(3,4)10(14)8(7(2)12)9(6)13/h5,14H,1-4H3. The van der Waals surface area contributed by atoms with Crippen LogP contribution in [0.1, 0.15) is 27.7 Å². The predicted octanol–water partition coefficient (Wildman–Crippen LogP) is 3.92. The van der Waals surface area contributed by atoms with Gasteiger partial charge in [-0.15, -0.1) is 12.6 Å². The van der Waals surface area contributed by atoms with Gasteiger partial charge in [-0.1, -0.05) is 44.4 Å². The van der Waals surface area contributed by atoms with E-state index in [-0.39, 0.29) is 5.41 Å². The lowest BCUT2D eigenvalue weighted by Crippen LogP contribution is -2.23. The van der Waals surface area contributed by atoms with Crippen LogP contribution < -0.4 is 0 Å². The Labute approximate surface area is 102 Å². The first-order valence-corrected chi connectivity index (χ1v) is 5.72. The van der Waals surface area contributed by atoms with Gasteiger partial charge < -0.3 is 0 Å². The first kappa shape index (κ1) is 12.1. The summed E-state index contributed by atoms with van der Waals surface area (Å²) in [7, 11) is 0. The monoisotopic (exact) mass is 242 g/mol. The van der Waals surface area contributed by atoms with Gasteiger partial charge in [-0.25, -0.2) is 0 Å². The quantitative estimate of drug-likeness (QED) is 0.547. The first-order chi connectivity index (χ1) is 6.27. The molecule has 0 aromatic carbocycles. The third kappa shape index (κ3) is 2.00. The summed E-state index contributed by atoms with van der Waals surface area (Å²) in [4.78, 5) is 2.67. The molecule has 14 heavy (non-hydrogen) atoms. The van der Waals surface area contributed by atoms with Gasteiger partial charge in [-0.05, 0) is 19.4 Å². The van der Waals surface area contributed by atoms with Gasteiger partial charge >= 0.3 is 0 Å². The van der Waals surface area contributed by atoms with E-state index in [9.17, 15) is 0 Å². The van der Waals surface area contributed by atoms with E-state index in [4.69, 9.17) is 24.4 Å². The highest BCUT2D eigenvalue weighted by Gasteiger charge is 2.29. The first-order valence-electron chi connectivity index (χ1n) is 4.46. The van der Waals surface area contributed by atoms with Crippen LogP contribution in [0.3, 0.4) is 0 Å². The molecule has 3 heteroatoms. The third-order valence-electron chi connectivity index (χ3n) is 2.36. The Morgan fingerprint density at radius 3 is 2.36 bits per heavy atom. The minimum Gasteiger partial charge on any atom is -0.146 e. The molecule has 0 bridgehead atoms. The number of hydrogen-bond donors (Lipinski definition) is 1. The Balaban J connectivity index is 3.38. The van der Waals surface area contributed by atoms with Crippen molar-refractivity contribution in [2.24, 2.45) is 5.41 Å². The molecular weight excluding hydrogens is 228 g/mol. The van der Waals surface area contributed by atoms with E-state index >= 15 is 0 Å². The van der Waals surface area contributed by atoms with E-state index < -0.39 is 0 Å². The van der Waals surface area contributed by atoms with Crippen LogP contribution in [0.2, 0.25) is 0 Å². The highest BCUT2D eigenvalue weighted by molar-refractivity contribution is 7.86. The largest absolute Gasteiger partial charge is 0.146 e. The van der Waals surface area contributed by atoms with E-state index in [1.807, 2.05) is 13.8 Å². The van der Waals surface area contributed by atoms with Gasteiger partial charge in [0.25, 0.3) is 0 Å². The maximum Gasteiger partial charge on any atom is 0.0495 e. The van der Waals surface area contributed by atoms with Gasteiger partial charge in [-0.2, -0.15) is 0 Å². The Hall–Kier alpha value is 0.01000. The Morgan fingerprint density at radius 1 is 1.43 bits per heavy atom. The van der Waals surface area contributed by atoms with Gasteiger partial charge in [0, 0.05) is 25.6 Å². The summed E-state index contributed by atoms with van der Waals surface area (Å²) in [5.41, 5.74) is 2.05. The molecule has 0 fully saturated rings. The van der Waals surface area contributed by atoms with Gasteiger partial charge in [0.1, 0.15) is 0 Å². The summed E-state index contributed by atoms with van der Waals surface area (Å²) in [6, 6.07) is 0. The molecule has 1 aliphatic rings. The highest BCUT2D eigenvalue weighted by atomic mass is 32.1. The van der Waals surface area contributed by atoms with E-state index in [0.29, 0.717) is 0 Å². The van der Waals surface area contributed by atoms with Crippen molar-refractivity contribution in [1.82, 2.24) is 0 Å². The molecule has 0 saturated carbocycles. The number of allylic oxidation sites excluding steroid dienone is 4. The van der Waals surface area contributed by atoms with Crippen LogP contribution in [0.25, 0.3) is 0 Å². The summed E-state index contributed by atoms with van der Waals surface area (Å²) in [5, 5.41) is 0. The molecule has 0 atom stereocenters. The van der Waals surface area contributed by atoms with E-state index in [2.05, 4.69) is 32.6 Å². The molecule has 0 saturated heterocycles. The number of thiocarbonyl (C=S) groups is 2. The highest BCUT2D eigenvalue weighted by Crippen LogP contribution is 2.39. The topological polar surface area (TPSA) is 0 Å². The van der Waals surface area contributed by atoms with Gasteiger partial charge in [0.2, 0.25) is 0 Å². The lowest BCUT2D eigenvalue weighted by Gasteiger charge is -2.30. The van der Waals surface area contributed by atoms with Crippen molar-refractivity contribution in [3.05, 3.63) is 22.1 Å².